The van der Waals surface area contributed by atoms with Gasteiger partial charge in [-0.25, -0.2) is 4.98 Å². The van der Waals surface area contributed by atoms with Gasteiger partial charge in [0.15, 0.2) is 0 Å². The van der Waals surface area contributed by atoms with Crippen LogP contribution in [0.1, 0.15) is 16.3 Å². The van der Waals surface area contributed by atoms with Gasteiger partial charge in [-0.2, -0.15) is 0 Å². The van der Waals surface area contributed by atoms with Crippen LogP contribution >= 0.6 is 11.3 Å². The zero-order valence-corrected chi connectivity index (χ0v) is 9.74. The molecule has 0 unspecified atom stereocenters. The number of benzene rings is 1. The van der Waals surface area contributed by atoms with E-state index in [-0.39, 0.29) is 0 Å². The summed E-state index contributed by atoms with van der Waals surface area (Å²) in [5.41, 5.74) is 7.60. The first kappa shape index (κ1) is 11.3. The molecule has 16 heavy (non-hydrogen) atoms. The van der Waals surface area contributed by atoms with Gasteiger partial charge in [-0.1, -0.05) is 30.3 Å². The normalized spacial score (nSPS) is 10.6. The summed E-state index contributed by atoms with van der Waals surface area (Å²) in [5.74, 6) is 0. The molecule has 2 rings (SSSR count). The van der Waals surface area contributed by atoms with Crippen molar-refractivity contribution >= 4 is 11.3 Å². The summed E-state index contributed by atoms with van der Waals surface area (Å²) in [6, 6.07) is 10.1. The molecule has 0 aliphatic carbocycles. The summed E-state index contributed by atoms with van der Waals surface area (Å²) in [6.07, 6.45) is 0. The molecule has 2 aromatic rings. The Morgan fingerprint density at radius 3 is 2.69 bits per heavy atom. The van der Waals surface area contributed by atoms with Gasteiger partial charge in [-0.05, 0) is 5.56 Å². The minimum absolute atomic E-state index is 0.495. The first-order chi connectivity index (χ1) is 7.88. The van der Waals surface area contributed by atoms with Gasteiger partial charge in [0.05, 0.1) is 18.9 Å². The van der Waals surface area contributed by atoms with Gasteiger partial charge in [0.2, 0.25) is 0 Å². The number of hydrogen-bond donors (Lipinski definition) is 1. The third-order valence-electron chi connectivity index (χ3n) is 2.15. The van der Waals surface area contributed by atoms with E-state index in [1.807, 2.05) is 35.7 Å². The van der Waals surface area contributed by atoms with E-state index in [0.29, 0.717) is 19.8 Å². The number of rotatable bonds is 5. The fourth-order valence-electron chi connectivity index (χ4n) is 1.34. The number of thiazole rings is 1. The Morgan fingerprint density at radius 1 is 1.19 bits per heavy atom. The van der Waals surface area contributed by atoms with E-state index in [4.69, 9.17) is 10.5 Å². The van der Waals surface area contributed by atoms with Crippen LogP contribution < -0.4 is 5.73 Å². The van der Waals surface area contributed by atoms with E-state index in [1.165, 1.54) is 5.56 Å². The smallest absolute Gasteiger partial charge is 0.119 e. The Kier molecular flexibility index (Phi) is 4.04. The van der Waals surface area contributed by atoms with Crippen LogP contribution in [-0.4, -0.2) is 4.98 Å². The van der Waals surface area contributed by atoms with Gasteiger partial charge in [0, 0.05) is 11.9 Å². The summed E-state index contributed by atoms with van der Waals surface area (Å²) in [7, 11) is 0. The highest BCUT2D eigenvalue weighted by Gasteiger charge is 2.00. The molecule has 4 heteroatoms. The lowest BCUT2D eigenvalue weighted by Gasteiger charge is -2.01. The van der Waals surface area contributed by atoms with Crippen molar-refractivity contribution in [1.29, 1.82) is 0 Å². The SMILES string of the molecule is NCc1csc(COCc2ccccc2)n1. The van der Waals surface area contributed by atoms with Crippen molar-refractivity contribution in [2.75, 3.05) is 0 Å². The highest BCUT2D eigenvalue weighted by molar-refractivity contribution is 7.09. The summed E-state index contributed by atoms with van der Waals surface area (Å²) < 4.78 is 5.57. The van der Waals surface area contributed by atoms with Crippen molar-refractivity contribution in [3.05, 3.63) is 52.0 Å². The van der Waals surface area contributed by atoms with E-state index in [1.54, 1.807) is 11.3 Å². The Bertz CT molecular complexity index is 428. The second-order valence-corrected chi connectivity index (χ2v) is 4.36. The molecule has 0 aliphatic heterocycles. The maximum Gasteiger partial charge on any atom is 0.119 e. The van der Waals surface area contributed by atoms with Gasteiger partial charge in [0.25, 0.3) is 0 Å². The summed E-state index contributed by atoms with van der Waals surface area (Å²) in [5, 5.41) is 2.96. The van der Waals surface area contributed by atoms with E-state index in [2.05, 4.69) is 4.98 Å². The fourth-order valence-corrected chi connectivity index (χ4v) is 2.08. The first-order valence-corrected chi connectivity index (χ1v) is 6.01. The summed E-state index contributed by atoms with van der Waals surface area (Å²) in [4.78, 5) is 4.33. The van der Waals surface area contributed by atoms with Crippen LogP contribution in [0.25, 0.3) is 0 Å². The molecule has 84 valence electrons. The molecule has 0 bridgehead atoms. The zero-order chi connectivity index (χ0) is 11.2. The van der Waals surface area contributed by atoms with Crippen LogP contribution in [0.15, 0.2) is 35.7 Å². The quantitative estimate of drug-likeness (QED) is 0.863. The summed E-state index contributed by atoms with van der Waals surface area (Å²) in [6.45, 7) is 1.67. The second-order valence-electron chi connectivity index (χ2n) is 3.42. The molecule has 0 amide bonds. The van der Waals surface area contributed by atoms with Crippen molar-refractivity contribution in [2.24, 2.45) is 5.73 Å². The fraction of sp³-hybridized carbons (Fsp3) is 0.250. The van der Waals surface area contributed by atoms with Crippen molar-refractivity contribution in [2.45, 2.75) is 19.8 Å². The predicted molar refractivity (Wildman–Crippen MR) is 64.9 cm³/mol. The van der Waals surface area contributed by atoms with Gasteiger partial charge in [0.1, 0.15) is 5.01 Å². The molecule has 1 aromatic carbocycles. The average Bonchev–Trinajstić information content (AvgIpc) is 2.78. The number of nitrogens with zero attached hydrogens (tertiary/aromatic N) is 1. The number of nitrogens with two attached hydrogens (primary N) is 1. The molecule has 1 heterocycles. The van der Waals surface area contributed by atoms with E-state index < -0.39 is 0 Å². The molecule has 0 aliphatic rings. The van der Waals surface area contributed by atoms with Crippen LogP contribution in [0.2, 0.25) is 0 Å². The maximum absolute atomic E-state index is 5.57. The zero-order valence-electron chi connectivity index (χ0n) is 8.93. The molecular formula is C12H14N2OS. The molecule has 2 N–H and O–H groups in total. The van der Waals surface area contributed by atoms with E-state index >= 15 is 0 Å². The molecular weight excluding hydrogens is 220 g/mol. The van der Waals surface area contributed by atoms with Crippen LogP contribution in [0.4, 0.5) is 0 Å². The van der Waals surface area contributed by atoms with Crippen LogP contribution in [0.3, 0.4) is 0 Å². The largest absolute Gasteiger partial charge is 0.370 e. The Hall–Kier alpha value is -1.23. The first-order valence-electron chi connectivity index (χ1n) is 5.13. The predicted octanol–water partition coefficient (Wildman–Crippen LogP) is 2.32. The van der Waals surface area contributed by atoms with Crippen molar-refractivity contribution < 1.29 is 4.74 Å². The third kappa shape index (κ3) is 3.13. The number of aromatic nitrogens is 1. The third-order valence-corrected chi connectivity index (χ3v) is 3.02. The van der Waals surface area contributed by atoms with Gasteiger partial charge >= 0.3 is 0 Å². The summed E-state index contributed by atoms with van der Waals surface area (Å²) >= 11 is 1.59. The molecule has 3 nitrogen and oxygen atoms in total. The Morgan fingerprint density at radius 2 is 2.00 bits per heavy atom. The molecule has 0 fully saturated rings. The van der Waals surface area contributed by atoms with Crippen molar-refractivity contribution in [3.63, 3.8) is 0 Å². The number of ether oxygens (including phenoxy) is 1. The second kappa shape index (κ2) is 5.75. The number of hydrogen-bond acceptors (Lipinski definition) is 4. The van der Waals surface area contributed by atoms with E-state index in [0.717, 1.165) is 10.7 Å². The lowest BCUT2D eigenvalue weighted by atomic mass is 10.2. The molecule has 0 atom stereocenters. The molecule has 0 spiro atoms. The van der Waals surface area contributed by atoms with Gasteiger partial charge in [-0.3, -0.25) is 0 Å². The van der Waals surface area contributed by atoms with Crippen molar-refractivity contribution in [1.82, 2.24) is 4.98 Å². The minimum Gasteiger partial charge on any atom is -0.370 e. The minimum atomic E-state index is 0.495. The molecule has 1 aromatic heterocycles. The van der Waals surface area contributed by atoms with Crippen LogP contribution in [-0.2, 0) is 24.5 Å². The Labute approximate surface area is 98.9 Å². The van der Waals surface area contributed by atoms with Gasteiger partial charge < -0.3 is 10.5 Å². The standard InChI is InChI=1S/C12H14N2OS/c13-6-11-9-16-12(14-11)8-15-7-10-4-2-1-3-5-10/h1-5,9H,6-8,13H2. The Balaban J connectivity index is 1.80. The molecule has 0 radical (unpaired) electrons. The van der Waals surface area contributed by atoms with Gasteiger partial charge in [-0.15, -0.1) is 11.3 Å². The maximum atomic E-state index is 5.57. The average molecular weight is 234 g/mol. The monoisotopic (exact) mass is 234 g/mol. The highest BCUT2D eigenvalue weighted by Crippen LogP contribution is 2.11. The topological polar surface area (TPSA) is 48.1 Å². The highest BCUT2D eigenvalue weighted by atomic mass is 32.1. The van der Waals surface area contributed by atoms with Crippen molar-refractivity contribution in [3.8, 4) is 0 Å². The lowest BCUT2D eigenvalue weighted by molar-refractivity contribution is 0.107. The van der Waals surface area contributed by atoms with Crippen LogP contribution in [0, 0.1) is 0 Å². The molecule has 0 saturated carbocycles. The lowest BCUT2D eigenvalue weighted by Crippen LogP contribution is -1.98. The van der Waals surface area contributed by atoms with E-state index in [9.17, 15) is 0 Å². The molecule has 0 saturated heterocycles. The van der Waals surface area contributed by atoms with Crippen LogP contribution in [0.5, 0.6) is 0 Å².